The number of aryl methyl sites for hydroxylation is 1. The van der Waals surface area contributed by atoms with Gasteiger partial charge < -0.3 is 5.32 Å². The molecule has 4 nitrogen and oxygen atoms in total. The Labute approximate surface area is 105 Å². The lowest BCUT2D eigenvalue weighted by Crippen LogP contribution is -2.08. The summed E-state index contributed by atoms with van der Waals surface area (Å²) in [7, 11) is 0. The van der Waals surface area contributed by atoms with Gasteiger partial charge in [-0.2, -0.15) is 0 Å². The number of anilines is 1. The third kappa shape index (κ3) is 3.39. The van der Waals surface area contributed by atoms with Crippen LogP contribution in [0.2, 0.25) is 5.28 Å². The molecular formula is C12H13ClN4. The minimum atomic E-state index is 0.260. The molecule has 2 aromatic rings. The molecule has 0 unspecified atom stereocenters. The van der Waals surface area contributed by atoms with Crippen LogP contribution >= 0.6 is 11.6 Å². The zero-order chi connectivity index (χ0) is 12.1. The molecule has 0 fully saturated rings. The van der Waals surface area contributed by atoms with Crippen LogP contribution in [-0.2, 0) is 6.42 Å². The Kier molecular flexibility index (Phi) is 3.88. The van der Waals surface area contributed by atoms with Gasteiger partial charge in [0.05, 0.1) is 0 Å². The van der Waals surface area contributed by atoms with Crippen molar-refractivity contribution < 1.29 is 0 Å². The molecule has 17 heavy (non-hydrogen) atoms. The minimum absolute atomic E-state index is 0.260. The number of rotatable bonds is 4. The predicted molar refractivity (Wildman–Crippen MR) is 68.2 cm³/mol. The summed E-state index contributed by atoms with van der Waals surface area (Å²) in [5, 5.41) is 3.49. The number of hydrogen-bond donors (Lipinski definition) is 1. The highest BCUT2D eigenvalue weighted by atomic mass is 35.5. The van der Waals surface area contributed by atoms with E-state index >= 15 is 0 Å². The molecule has 2 heterocycles. The van der Waals surface area contributed by atoms with Crippen LogP contribution in [0.3, 0.4) is 0 Å². The lowest BCUT2D eigenvalue weighted by atomic mass is 10.2. The highest BCUT2D eigenvalue weighted by Gasteiger charge is 2.01. The molecule has 5 heteroatoms. The largest absolute Gasteiger partial charge is 0.369 e. The van der Waals surface area contributed by atoms with E-state index in [4.69, 9.17) is 11.6 Å². The van der Waals surface area contributed by atoms with Gasteiger partial charge >= 0.3 is 0 Å². The van der Waals surface area contributed by atoms with Gasteiger partial charge in [-0.05, 0) is 30.7 Å². The Bertz CT molecular complexity index is 487. The normalized spacial score (nSPS) is 10.2. The smallest absolute Gasteiger partial charge is 0.224 e. The Hall–Kier alpha value is -1.68. The van der Waals surface area contributed by atoms with Gasteiger partial charge in [0.15, 0.2) is 0 Å². The van der Waals surface area contributed by atoms with E-state index in [-0.39, 0.29) is 5.28 Å². The van der Waals surface area contributed by atoms with Crippen molar-refractivity contribution in [3.63, 3.8) is 0 Å². The second kappa shape index (κ2) is 5.59. The lowest BCUT2D eigenvalue weighted by Gasteiger charge is -2.07. The summed E-state index contributed by atoms with van der Waals surface area (Å²) < 4.78 is 0. The molecule has 0 saturated carbocycles. The number of nitrogens with zero attached hydrogens (tertiary/aromatic N) is 3. The number of halogens is 1. The first kappa shape index (κ1) is 11.8. The van der Waals surface area contributed by atoms with Crippen LogP contribution in [0.4, 0.5) is 5.82 Å². The lowest BCUT2D eigenvalue weighted by molar-refractivity contribution is 0.947. The van der Waals surface area contributed by atoms with Crippen LogP contribution in [0.25, 0.3) is 0 Å². The quantitative estimate of drug-likeness (QED) is 0.845. The maximum absolute atomic E-state index is 5.74. The van der Waals surface area contributed by atoms with Crippen molar-refractivity contribution in [2.75, 3.05) is 11.9 Å². The Morgan fingerprint density at radius 3 is 2.94 bits per heavy atom. The van der Waals surface area contributed by atoms with Gasteiger partial charge in [-0.15, -0.1) is 0 Å². The summed E-state index contributed by atoms with van der Waals surface area (Å²) in [6.45, 7) is 2.71. The Balaban J connectivity index is 1.92. The van der Waals surface area contributed by atoms with E-state index in [1.807, 2.05) is 25.1 Å². The molecule has 0 saturated heterocycles. The molecule has 88 valence electrons. The molecule has 0 radical (unpaired) electrons. The molecule has 2 rings (SSSR count). The van der Waals surface area contributed by atoms with Crippen molar-refractivity contribution in [3.8, 4) is 0 Å². The Morgan fingerprint density at radius 1 is 1.29 bits per heavy atom. The van der Waals surface area contributed by atoms with E-state index in [2.05, 4.69) is 20.3 Å². The molecule has 0 amide bonds. The van der Waals surface area contributed by atoms with Gasteiger partial charge in [-0.1, -0.05) is 6.07 Å². The highest BCUT2D eigenvalue weighted by molar-refractivity contribution is 6.28. The van der Waals surface area contributed by atoms with Crippen LogP contribution in [0, 0.1) is 6.92 Å². The number of aromatic nitrogens is 3. The van der Waals surface area contributed by atoms with Crippen LogP contribution in [0.15, 0.2) is 30.6 Å². The number of nitrogens with one attached hydrogen (secondary N) is 1. The van der Waals surface area contributed by atoms with Crippen LogP contribution < -0.4 is 5.32 Å². The summed E-state index contributed by atoms with van der Waals surface area (Å²) in [5.41, 5.74) is 2.04. The average molecular weight is 249 g/mol. The van der Waals surface area contributed by atoms with Gasteiger partial charge in [-0.3, -0.25) is 4.98 Å². The third-order valence-corrected chi connectivity index (χ3v) is 2.52. The number of pyridine rings is 1. The third-order valence-electron chi connectivity index (χ3n) is 2.34. The topological polar surface area (TPSA) is 50.7 Å². The summed E-state index contributed by atoms with van der Waals surface area (Å²) in [6.07, 6.45) is 4.35. The van der Waals surface area contributed by atoms with E-state index in [1.54, 1.807) is 12.4 Å². The zero-order valence-corrected chi connectivity index (χ0v) is 10.3. The fraction of sp³-hybridized carbons (Fsp3) is 0.250. The molecule has 0 aliphatic carbocycles. The van der Waals surface area contributed by atoms with Crippen LogP contribution in [0.1, 0.15) is 11.3 Å². The molecule has 0 spiro atoms. The van der Waals surface area contributed by atoms with Crippen LogP contribution in [0.5, 0.6) is 0 Å². The fourth-order valence-electron chi connectivity index (χ4n) is 1.45. The number of hydrogen-bond acceptors (Lipinski definition) is 4. The van der Waals surface area contributed by atoms with Crippen molar-refractivity contribution >= 4 is 17.4 Å². The maximum Gasteiger partial charge on any atom is 0.224 e. The first-order valence-electron chi connectivity index (χ1n) is 5.38. The first-order valence-corrected chi connectivity index (χ1v) is 5.76. The molecule has 0 aliphatic rings. The molecule has 0 aromatic carbocycles. The highest BCUT2D eigenvalue weighted by Crippen LogP contribution is 2.12. The fourth-order valence-corrected chi connectivity index (χ4v) is 1.59. The van der Waals surface area contributed by atoms with Gasteiger partial charge in [0.1, 0.15) is 5.82 Å². The molecule has 0 atom stereocenters. The molecular weight excluding hydrogens is 236 g/mol. The molecule has 2 aromatic heterocycles. The molecule has 0 bridgehead atoms. The molecule has 1 N–H and O–H groups in total. The second-order valence-corrected chi connectivity index (χ2v) is 4.01. The van der Waals surface area contributed by atoms with Crippen molar-refractivity contribution in [2.45, 2.75) is 13.3 Å². The molecule has 0 aliphatic heterocycles. The van der Waals surface area contributed by atoms with E-state index in [1.165, 1.54) is 0 Å². The van der Waals surface area contributed by atoms with Gasteiger partial charge in [0.2, 0.25) is 5.28 Å². The van der Waals surface area contributed by atoms with Gasteiger partial charge in [-0.25, -0.2) is 9.97 Å². The van der Waals surface area contributed by atoms with Crippen molar-refractivity contribution in [3.05, 3.63) is 47.1 Å². The summed E-state index contributed by atoms with van der Waals surface area (Å²) in [6, 6.07) is 5.89. The van der Waals surface area contributed by atoms with Crippen molar-refractivity contribution in [1.82, 2.24) is 15.0 Å². The van der Waals surface area contributed by atoms with E-state index in [0.717, 1.165) is 30.0 Å². The SMILES string of the molecule is Cc1cnc(Cl)nc1NCCc1ccccn1. The van der Waals surface area contributed by atoms with Crippen molar-refractivity contribution in [1.29, 1.82) is 0 Å². The van der Waals surface area contributed by atoms with Gasteiger partial charge in [0.25, 0.3) is 0 Å². The minimum Gasteiger partial charge on any atom is -0.369 e. The second-order valence-electron chi connectivity index (χ2n) is 3.67. The standard InChI is InChI=1S/C12H13ClN4/c1-9-8-16-12(13)17-11(9)15-7-5-10-4-2-3-6-14-10/h2-4,6,8H,5,7H2,1H3,(H,15,16,17). The van der Waals surface area contributed by atoms with Gasteiger partial charge in [0, 0.05) is 36.6 Å². The van der Waals surface area contributed by atoms with E-state index in [0.29, 0.717) is 0 Å². The predicted octanol–water partition coefficient (Wildman–Crippen LogP) is 2.49. The summed E-state index contributed by atoms with van der Waals surface area (Å²) in [4.78, 5) is 12.3. The van der Waals surface area contributed by atoms with E-state index < -0.39 is 0 Å². The maximum atomic E-state index is 5.74. The van der Waals surface area contributed by atoms with Crippen LogP contribution in [-0.4, -0.2) is 21.5 Å². The zero-order valence-electron chi connectivity index (χ0n) is 9.52. The monoisotopic (exact) mass is 248 g/mol. The van der Waals surface area contributed by atoms with Crippen molar-refractivity contribution in [2.24, 2.45) is 0 Å². The summed E-state index contributed by atoms with van der Waals surface area (Å²) in [5.74, 6) is 0.779. The first-order chi connectivity index (χ1) is 8.25. The van der Waals surface area contributed by atoms with E-state index in [9.17, 15) is 0 Å². The Morgan fingerprint density at radius 2 is 2.18 bits per heavy atom. The summed E-state index contributed by atoms with van der Waals surface area (Å²) >= 11 is 5.74. The average Bonchev–Trinajstić information content (AvgIpc) is 2.35.